The van der Waals surface area contributed by atoms with Crippen LogP contribution in [0.2, 0.25) is 0 Å². The predicted molar refractivity (Wildman–Crippen MR) is 65.1 cm³/mol. The summed E-state index contributed by atoms with van der Waals surface area (Å²) < 4.78 is 5.04. The van der Waals surface area contributed by atoms with Gasteiger partial charge < -0.3 is 15.4 Å². The van der Waals surface area contributed by atoms with Crippen LogP contribution in [0, 0.1) is 5.41 Å². The Labute approximate surface area is 101 Å². The molecule has 0 radical (unpaired) electrons. The summed E-state index contributed by atoms with van der Waals surface area (Å²) in [6.07, 6.45) is 3.83. The van der Waals surface area contributed by atoms with Crippen molar-refractivity contribution in [2.45, 2.75) is 31.7 Å². The number of ether oxygens (including phenoxy) is 1. The standard InChI is InChI=1S/C11H18N2O2S/c1-15-7-6-13(8-2-3-8)10(14)11(4-5-11)9(12)16/h8H,2-7H2,1H3,(H2,12,16). The molecule has 0 aliphatic heterocycles. The second kappa shape index (κ2) is 4.30. The predicted octanol–water partition coefficient (Wildman–Crippen LogP) is 0.690. The minimum absolute atomic E-state index is 0.125. The van der Waals surface area contributed by atoms with Crippen molar-refractivity contribution in [1.82, 2.24) is 4.90 Å². The number of nitrogens with two attached hydrogens (primary N) is 1. The number of carbonyl (C=O) groups is 1. The maximum atomic E-state index is 12.4. The SMILES string of the molecule is COCCN(C(=O)C1(C(N)=S)CC1)C1CC1. The van der Waals surface area contributed by atoms with E-state index in [2.05, 4.69) is 0 Å². The quantitative estimate of drug-likeness (QED) is 0.696. The lowest BCUT2D eigenvalue weighted by atomic mass is 10.1. The van der Waals surface area contributed by atoms with Gasteiger partial charge in [0.05, 0.1) is 17.0 Å². The Kier molecular flexibility index (Phi) is 3.17. The molecule has 0 bridgehead atoms. The number of thiocarbonyl (C=S) groups is 1. The molecule has 0 spiro atoms. The Morgan fingerprint density at radius 2 is 2.19 bits per heavy atom. The topological polar surface area (TPSA) is 55.6 Å². The molecule has 1 amide bonds. The largest absolute Gasteiger partial charge is 0.392 e. The average Bonchev–Trinajstić information content (AvgIpc) is 3.11. The third kappa shape index (κ3) is 2.06. The maximum Gasteiger partial charge on any atom is 0.235 e. The van der Waals surface area contributed by atoms with Gasteiger partial charge in [-0.05, 0) is 25.7 Å². The minimum Gasteiger partial charge on any atom is -0.392 e. The first-order chi connectivity index (χ1) is 7.62. The van der Waals surface area contributed by atoms with Gasteiger partial charge in [0.1, 0.15) is 0 Å². The van der Waals surface area contributed by atoms with Gasteiger partial charge in [0, 0.05) is 19.7 Å². The van der Waals surface area contributed by atoms with Gasteiger partial charge >= 0.3 is 0 Å². The van der Waals surface area contributed by atoms with E-state index in [1.165, 1.54) is 0 Å². The van der Waals surface area contributed by atoms with E-state index >= 15 is 0 Å². The van der Waals surface area contributed by atoms with Gasteiger partial charge in [-0.1, -0.05) is 12.2 Å². The van der Waals surface area contributed by atoms with Gasteiger partial charge in [-0.2, -0.15) is 0 Å². The van der Waals surface area contributed by atoms with Crippen LogP contribution in [0.3, 0.4) is 0 Å². The average molecular weight is 242 g/mol. The fourth-order valence-corrected chi connectivity index (χ4v) is 2.28. The summed E-state index contributed by atoms with van der Waals surface area (Å²) in [7, 11) is 1.65. The molecule has 2 fully saturated rings. The van der Waals surface area contributed by atoms with Crippen molar-refractivity contribution < 1.29 is 9.53 Å². The number of nitrogens with zero attached hydrogens (tertiary/aromatic N) is 1. The number of hydrogen-bond donors (Lipinski definition) is 1. The molecule has 0 atom stereocenters. The number of amides is 1. The van der Waals surface area contributed by atoms with E-state index < -0.39 is 5.41 Å². The van der Waals surface area contributed by atoms with Crippen LogP contribution in [0.5, 0.6) is 0 Å². The Balaban J connectivity index is 2.02. The highest BCUT2D eigenvalue weighted by Crippen LogP contribution is 2.48. The van der Waals surface area contributed by atoms with Crippen molar-refractivity contribution in [3.8, 4) is 0 Å². The van der Waals surface area contributed by atoms with E-state index in [0.29, 0.717) is 24.2 Å². The smallest absolute Gasteiger partial charge is 0.235 e. The van der Waals surface area contributed by atoms with E-state index in [-0.39, 0.29) is 5.91 Å². The van der Waals surface area contributed by atoms with Gasteiger partial charge in [-0.15, -0.1) is 0 Å². The monoisotopic (exact) mass is 242 g/mol. The molecule has 2 saturated carbocycles. The van der Waals surface area contributed by atoms with Gasteiger partial charge in [-0.25, -0.2) is 0 Å². The lowest BCUT2D eigenvalue weighted by Gasteiger charge is -2.26. The third-order valence-electron chi connectivity index (χ3n) is 3.42. The molecule has 16 heavy (non-hydrogen) atoms. The van der Waals surface area contributed by atoms with Crippen LogP contribution < -0.4 is 5.73 Å². The fraction of sp³-hybridized carbons (Fsp3) is 0.818. The van der Waals surface area contributed by atoms with Crippen molar-refractivity contribution >= 4 is 23.1 Å². The van der Waals surface area contributed by atoms with E-state index in [1.807, 2.05) is 4.90 Å². The van der Waals surface area contributed by atoms with Crippen molar-refractivity contribution in [2.24, 2.45) is 11.1 Å². The van der Waals surface area contributed by atoms with Crippen LogP contribution in [0.4, 0.5) is 0 Å². The van der Waals surface area contributed by atoms with Gasteiger partial charge in [0.25, 0.3) is 0 Å². The summed E-state index contributed by atoms with van der Waals surface area (Å²) >= 11 is 5.01. The minimum atomic E-state index is -0.508. The Bertz CT molecular complexity index is 311. The van der Waals surface area contributed by atoms with Crippen LogP contribution >= 0.6 is 12.2 Å². The molecule has 0 aromatic rings. The third-order valence-corrected chi connectivity index (χ3v) is 3.81. The first-order valence-corrected chi connectivity index (χ1v) is 6.12. The zero-order valence-corrected chi connectivity index (χ0v) is 10.4. The fourth-order valence-electron chi connectivity index (χ4n) is 1.99. The molecule has 0 aromatic carbocycles. The van der Waals surface area contributed by atoms with Gasteiger partial charge in [0.15, 0.2) is 0 Å². The molecule has 4 nitrogen and oxygen atoms in total. The highest BCUT2D eigenvalue weighted by atomic mass is 32.1. The Morgan fingerprint density at radius 1 is 1.56 bits per heavy atom. The lowest BCUT2D eigenvalue weighted by Crippen LogP contribution is -2.45. The van der Waals surface area contributed by atoms with Crippen LogP contribution in [-0.4, -0.2) is 42.1 Å². The molecular formula is C11H18N2O2S. The van der Waals surface area contributed by atoms with Gasteiger partial charge in [0.2, 0.25) is 5.91 Å². The summed E-state index contributed by atoms with van der Waals surface area (Å²) in [5.41, 5.74) is 5.17. The molecule has 5 heteroatoms. The first-order valence-electron chi connectivity index (χ1n) is 5.72. The lowest BCUT2D eigenvalue weighted by molar-refractivity contribution is -0.135. The summed E-state index contributed by atoms with van der Waals surface area (Å²) in [6, 6.07) is 0.398. The van der Waals surface area contributed by atoms with Crippen molar-refractivity contribution in [3.63, 3.8) is 0 Å². The van der Waals surface area contributed by atoms with E-state index in [1.54, 1.807) is 7.11 Å². The molecule has 90 valence electrons. The molecule has 2 aliphatic carbocycles. The van der Waals surface area contributed by atoms with E-state index in [9.17, 15) is 4.79 Å². The Hall–Kier alpha value is -0.680. The second-order valence-electron chi connectivity index (χ2n) is 4.67. The summed E-state index contributed by atoms with van der Waals surface area (Å²) in [5, 5.41) is 0. The molecule has 2 aliphatic rings. The molecule has 2 N–H and O–H groups in total. The number of hydrogen-bond acceptors (Lipinski definition) is 3. The maximum absolute atomic E-state index is 12.4. The van der Waals surface area contributed by atoms with Crippen LogP contribution in [0.25, 0.3) is 0 Å². The second-order valence-corrected chi connectivity index (χ2v) is 5.11. The van der Waals surface area contributed by atoms with Crippen LogP contribution in [0.15, 0.2) is 0 Å². The number of rotatable bonds is 6. The van der Waals surface area contributed by atoms with Crippen molar-refractivity contribution in [1.29, 1.82) is 0 Å². The highest BCUT2D eigenvalue weighted by molar-refractivity contribution is 7.80. The normalized spacial score (nSPS) is 21.6. The van der Waals surface area contributed by atoms with Gasteiger partial charge in [-0.3, -0.25) is 4.79 Å². The van der Waals surface area contributed by atoms with Crippen molar-refractivity contribution in [2.75, 3.05) is 20.3 Å². The Morgan fingerprint density at radius 3 is 2.56 bits per heavy atom. The molecular weight excluding hydrogens is 224 g/mol. The zero-order valence-electron chi connectivity index (χ0n) is 9.57. The van der Waals surface area contributed by atoms with E-state index in [0.717, 1.165) is 25.7 Å². The molecule has 2 rings (SSSR count). The van der Waals surface area contributed by atoms with Crippen LogP contribution in [-0.2, 0) is 9.53 Å². The number of carbonyl (C=O) groups excluding carboxylic acids is 1. The van der Waals surface area contributed by atoms with Crippen molar-refractivity contribution in [3.05, 3.63) is 0 Å². The molecule has 0 unspecified atom stereocenters. The summed E-state index contributed by atoms with van der Waals surface area (Å²) in [4.78, 5) is 14.6. The van der Waals surface area contributed by atoms with Crippen LogP contribution in [0.1, 0.15) is 25.7 Å². The molecule has 0 heterocycles. The first kappa shape index (κ1) is 11.8. The zero-order chi connectivity index (χ0) is 11.8. The summed E-state index contributed by atoms with van der Waals surface area (Å²) in [5.74, 6) is 0.125. The molecule has 0 saturated heterocycles. The number of methoxy groups -OCH3 is 1. The molecule has 0 aromatic heterocycles. The van der Waals surface area contributed by atoms with E-state index in [4.69, 9.17) is 22.7 Å². The highest BCUT2D eigenvalue weighted by Gasteiger charge is 2.55. The summed E-state index contributed by atoms with van der Waals surface area (Å²) in [6.45, 7) is 1.24.